The number of hydrogen-bond acceptors (Lipinski definition) is 6. The van der Waals surface area contributed by atoms with Gasteiger partial charge in [0.25, 0.3) is 5.91 Å². The van der Waals surface area contributed by atoms with Crippen LogP contribution in [0.25, 0.3) is 0 Å². The molecule has 0 saturated heterocycles. The van der Waals surface area contributed by atoms with Crippen molar-refractivity contribution in [2.24, 2.45) is 5.14 Å². The Morgan fingerprint density at radius 3 is 2.50 bits per heavy atom. The Morgan fingerprint density at radius 1 is 1.08 bits per heavy atom. The van der Waals surface area contributed by atoms with Crippen LogP contribution < -0.4 is 15.2 Å². The monoisotopic (exact) mass is 398 g/mol. The number of halogens is 1. The van der Waals surface area contributed by atoms with Gasteiger partial charge in [0.1, 0.15) is 5.75 Å². The van der Waals surface area contributed by atoms with Crippen LogP contribution in [-0.2, 0) is 24.3 Å². The molecule has 0 radical (unpaired) electrons. The van der Waals surface area contributed by atoms with Crippen LogP contribution in [0, 0.1) is 0 Å². The van der Waals surface area contributed by atoms with Crippen LogP contribution in [0.3, 0.4) is 0 Å². The van der Waals surface area contributed by atoms with Crippen LogP contribution in [0.5, 0.6) is 5.75 Å². The third-order valence-electron chi connectivity index (χ3n) is 2.96. The lowest BCUT2D eigenvalue weighted by atomic mass is 10.3. The summed E-state index contributed by atoms with van der Waals surface area (Å²) < 4.78 is 32.5. The van der Waals surface area contributed by atoms with Crippen molar-refractivity contribution in [2.45, 2.75) is 4.90 Å². The Hall–Kier alpha value is -2.62. The van der Waals surface area contributed by atoms with Crippen molar-refractivity contribution in [3.8, 4) is 5.75 Å². The minimum Gasteiger partial charge on any atom is -0.482 e. The number of rotatable bonds is 7. The summed E-state index contributed by atoms with van der Waals surface area (Å²) >= 11 is 5.78. The van der Waals surface area contributed by atoms with Gasteiger partial charge in [-0.2, -0.15) is 0 Å². The minimum atomic E-state index is -3.89. The molecule has 0 heterocycles. The summed E-state index contributed by atoms with van der Waals surface area (Å²) in [6.45, 7) is -0.953. The summed E-state index contributed by atoms with van der Waals surface area (Å²) in [5.74, 6) is -1.01. The number of esters is 1. The molecule has 8 nitrogen and oxygen atoms in total. The number of ether oxygens (including phenoxy) is 2. The molecular formula is C16H15ClN2O6S. The quantitative estimate of drug-likeness (QED) is 0.681. The normalized spacial score (nSPS) is 10.8. The number of amides is 1. The topological polar surface area (TPSA) is 125 Å². The summed E-state index contributed by atoms with van der Waals surface area (Å²) in [7, 11) is -3.89. The summed E-state index contributed by atoms with van der Waals surface area (Å²) in [6.07, 6.45) is 0. The van der Waals surface area contributed by atoms with Gasteiger partial charge < -0.3 is 14.8 Å². The summed E-state index contributed by atoms with van der Waals surface area (Å²) in [5.41, 5.74) is 0.202. The fraction of sp³-hybridized carbons (Fsp3) is 0.125. The van der Waals surface area contributed by atoms with Gasteiger partial charge in [-0.15, -0.1) is 0 Å². The molecule has 2 aromatic carbocycles. The van der Waals surface area contributed by atoms with E-state index < -0.39 is 35.1 Å². The standard InChI is InChI=1S/C16H15ClN2O6S/c17-11-3-1-5-13(7-11)24-10-16(21)25-9-15(20)19-12-4-2-6-14(8-12)26(18,22)23/h1-8H,9-10H2,(H,19,20)(H2,18,22,23). The maximum absolute atomic E-state index is 11.8. The van der Waals surface area contributed by atoms with Gasteiger partial charge in [-0.05, 0) is 36.4 Å². The van der Waals surface area contributed by atoms with Crippen LogP contribution in [0.15, 0.2) is 53.4 Å². The van der Waals surface area contributed by atoms with Crippen molar-refractivity contribution in [3.63, 3.8) is 0 Å². The predicted molar refractivity (Wildman–Crippen MR) is 94.4 cm³/mol. The molecule has 0 spiro atoms. The van der Waals surface area contributed by atoms with Crippen molar-refractivity contribution >= 4 is 39.2 Å². The highest BCUT2D eigenvalue weighted by atomic mass is 35.5. The zero-order valence-electron chi connectivity index (χ0n) is 13.3. The third-order valence-corrected chi connectivity index (χ3v) is 4.11. The molecule has 0 aromatic heterocycles. The fourth-order valence-electron chi connectivity index (χ4n) is 1.83. The van der Waals surface area contributed by atoms with E-state index in [4.69, 9.17) is 26.2 Å². The van der Waals surface area contributed by atoms with Gasteiger partial charge in [-0.3, -0.25) is 4.79 Å². The third kappa shape index (κ3) is 6.36. The molecular weight excluding hydrogens is 384 g/mol. The number of hydrogen-bond donors (Lipinski definition) is 2. The average Bonchev–Trinajstić information content (AvgIpc) is 2.58. The van der Waals surface area contributed by atoms with Crippen molar-refractivity contribution in [3.05, 3.63) is 53.6 Å². The van der Waals surface area contributed by atoms with Gasteiger partial charge in [-0.1, -0.05) is 23.7 Å². The first-order valence-electron chi connectivity index (χ1n) is 7.21. The summed E-state index contributed by atoms with van der Waals surface area (Å²) in [4.78, 5) is 23.2. The van der Waals surface area contributed by atoms with Crippen molar-refractivity contribution in [1.82, 2.24) is 0 Å². The molecule has 0 bridgehead atoms. The highest BCUT2D eigenvalue weighted by Crippen LogP contribution is 2.17. The summed E-state index contributed by atoms with van der Waals surface area (Å²) in [5, 5.41) is 7.87. The lowest BCUT2D eigenvalue weighted by molar-refractivity contribution is -0.149. The average molecular weight is 399 g/mol. The smallest absolute Gasteiger partial charge is 0.344 e. The van der Waals surface area contributed by atoms with Crippen LogP contribution in [0.2, 0.25) is 5.02 Å². The molecule has 10 heteroatoms. The number of primary sulfonamides is 1. The Bertz CT molecular complexity index is 916. The molecule has 0 atom stereocenters. The lowest BCUT2D eigenvalue weighted by Crippen LogP contribution is -2.23. The lowest BCUT2D eigenvalue weighted by Gasteiger charge is -2.08. The molecule has 0 aliphatic rings. The molecule has 138 valence electrons. The van der Waals surface area contributed by atoms with E-state index in [1.54, 1.807) is 18.2 Å². The SMILES string of the molecule is NS(=O)(=O)c1cccc(NC(=O)COC(=O)COc2cccc(Cl)c2)c1. The molecule has 0 aliphatic heterocycles. The van der Waals surface area contributed by atoms with Crippen molar-refractivity contribution < 1.29 is 27.5 Å². The molecule has 0 fully saturated rings. The first kappa shape index (κ1) is 19.7. The number of anilines is 1. The van der Waals surface area contributed by atoms with E-state index in [-0.39, 0.29) is 10.6 Å². The predicted octanol–water partition coefficient (Wildman–Crippen LogP) is 1.55. The Kier molecular flexibility index (Phi) is 6.56. The number of carbonyl (C=O) groups excluding carboxylic acids is 2. The largest absolute Gasteiger partial charge is 0.482 e. The van der Waals surface area contributed by atoms with E-state index in [9.17, 15) is 18.0 Å². The van der Waals surface area contributed by atoms with E-state index in [1.165, 1.54) is 30.3 Å². The first-order chi connectivity index (χ1) is 12.2. The zero-order valence-corrected chi connectivity index (χ0v) is 14.9. The number of carbonyl (C=O) groups is 2. The van der Waals surface area contributed by atoms with E-state index in [0.717, 1.165) is 0 Å². The molecule has 0 aliphatic carbocycles. The van der Waals surface area contributed by atoms with Gasteiger partial charge in [0.2, 0.25) is 10.0 Å². The van der Waals surface area contributed by atoms with Crippen LogP contribution in [0.4, 0.5) is 5.69 Å². The van der Waals surface area contributed by atoms with Crippen LogP contribution in [-0.4, -0.2) is 33.5 Å². The van der Waals surface area contributed by atoms with Gasteiger partial charge >= 0.3 is 5.97 Å². The summed E-state index contributed by atoms with van der Waals surface area (Å²) in [6, 6.07) is 11.8. The number of nitrogens with two attached hydrogens (primary N) is 1. The second-order valence-corrected chi connectivity index (χ2v) is 7.03. The van der Waals surface area contributed by atoms with Gasteiger partial charge in [0.05, 0.1) is 4.90 Å². The maximum atomic E-state index is 11.8. The second kappa shape index (κ2) is 8.65. The van der Waals surface area contributed by atoms with Crippen molar-refractivity contribution in [2.75, 3.05) is 18.5 Å². The Balaban J connectivity index is 1.80. The van der Waals surface area contributed by atoms with E-state index >= 15 is 0 Å². The maximum Gasteiger partial charge on any atom is 0.344 e. The van der Waals surface area contributed by atoms with Gasteiger partial charge in [0, 0.05) is 10.7 Å². The molecule has 26 heavy (non-hydrogen) atoms. The van der Waals surface area contributed by atoms with E-state index in [2.05, 4.69) is 5.32 Å². The molecule has 0 unspecified atom stereocenters. The van der Waals surface area contributed by atoms with Gasteiger partial charge in [0.15, 0.2) is 13.2 Å². The fourth-order valence-corrected chi connectivity index (χ4v) is 2.57. The highest BCUT2D eigenvalue weighted by Gasteiger charge is 2.11. The number of nitrogens with one attached hydrogen (secondary N) is 1. The second-order valence-electron chi connectivity index (χ2n) is 5.03. The first-order valence-corrected chi connectivity index (χ1v) is 9.13. The Morgan fingerprint density at radius 2 is 1.81 bits per heavy atom. The van der Waals surface area contributed by atoms with Crippen LogP contribution >= 0.6 is 11.6 Å². The van der Waals surface area contributed by atoms with E-state index in [0.29, 0.717) is 10.8 Å². The van der Waals surface area contributed by atoms with Gasteiger partial charge in [-0.25, -0.2) is 18.4 Å². The molecule has 2 aromatic rings. The zero-order chi connectivity index (χ0) is 19.2. The minimum absolute atomic E-state index is 0.151. The molecule has 2 rings (SSSR count). The van der Waals surface area contributed by atoms with Crippen molar-refractivity contribution in [1.29, 1.82) is 0 Å². The molecule has 3 N–H and O–H groups in total. The Labute approximate surface area is 154 Å². The molecule has 1 amide bonds. The number of sulfonamides is 1. The molecule has 0 saturated carbocycles. The highest BCUT2D eigenvalue weighted by molar-refractivity contribution is 7.89. The van der Waals surface area contributed by atoms with E-state index in [1.807, 2.05) is 0 Å². The van der Waals surface area contributed by atoms with Crippen LogP contribution in [0.1, 0.15) is 0 Å². The number of benzene rings is 2.